The first-order chi connectivity index (χ1) is 9.54. The quantitative estimate of drug-likeness (QED) is 0.467. The Kier molecular flexibility index (Phi) is 5.31. The number of carbonyl (C=O) groups excluding carboxylic acids is 1. The highest BCUT2D eigenvalue weighted by atomic mass is 127. The average molecular weight is 398 g/mol. The fourth-order valence-electron chi connectivity index (χ4n) is 1.68. The van der Waals surface area contributed by atoms with Crippen LogP contribution in [-0.2, 0) is 4.79 Å². The van der Waals surface area contributed by atoms with Crippen LogP contribution in [-0.4, -0.2) is 11.7 Å². The molecule has 104 valence electrons. The van der Waals surface area contributed by atoms with Crippen molar-refractivity contribution in [3.05, 3.63) is 51.6 Å². The van der Waals surface area contributed by atoms with Crippen molar-refractivity contribution in [3.63, 3.8) is 0 Å². The van der Waals surface area contributed by atoms with E-state index in [0.717, 1.165) is 25.4 Å². The van der Waals surface area contributed by atoms with Gasteiger partial charge in [0.05, 0.1) is 5.75 Å². The van der Waals surface area contributed by atoms with Crippen LogP contribution in [0.25, 0.3) is 0 Å². The van der Waals surface area contributed by atoms with E-state index < -0.39 is 0 Å². The van der Waals surface area contributed by atoms with E-state index in [0.29, 0.717) is 5.75 Å². The van der Waals surface area contributed by atoms with Gasteiger partial charge in [0.2, 0.25) is 5.91 Å². The third-order valence-corrected chi connectivity index (χ3v) is 4.51. The Morgan fingerprint density at radius 1 is 1.30 bits per heavy atom. The topological polar surface area (TPSA) is 55.1 Å². The highest BCUT2D eigenvalue weighted by molar-refractivity contribution is 14.1. The molecule has 0 bridgehead atoms. The third-order valence-electron chi connectivity index (χ3n) is 2.68. The van der Waals surface area contributed by atoms with Crippen LogP contribution in [0, 0.1) is 10.5 Å². The van der Waals surface area contributed by atoms with Crippen LogP contribution in [0.4, 0.5) is 11.4 Å². The van der Waals surface area contributed by atoms with Gasteiger partial charge in [0.25, 0.3) is 0 Å². The monoisotopic (exact) mass is 398 g/mol. The van der Waals surface area contributed by atoms with Crippen molar-refractivity contribution in [1.82, 2.24) is 0 Å². The SMILES string of the molecule is Cc1ccc(N)cc1SCC(=O)Nc1cccc(I)c1. The summed E-state index contributed by atoms with van der Waals surface area (Å²) in [7, 11) is 0. The first-order valence-corrected chi connectivity index (χ1v) is 8.15. The van der Waals surface area contributed by atoms with E-state index in [1.54, 1.807) is 0 Å². The van der Waals surface area contributed by atoms with Gasteiger partial charge in [-0.05, 0) is 65.4 Å². The van der Waals surface area contributed by atoms with Gasteiger partial charge in [-0.3, -0.25) is 4.79 Å². The van der Waals surface area contributed by atoms with E-state index in [-0.39, 0.29) is 5.91 Å². The van der Waals surface area contributed by atoms with Crippen LogP contribution in [0.1, 0.15) is 5.56 Å². The average Bonchev–Trinajstić information content (AvgIpc) is 2.40. The van der Waals surface area contributed by atoms with Gasteiger partial charge in [-0.1, -0.05) is 12.1 Å². The molecule has 0 aliphatic carbocycles. The molecule has 20 heavy (non-hydrogen) atoms. The molecule has 0 atom stereocenters. The summed E-state index contributed by atoms with van der Waals surface area (Å²) in [5.41, 5.74) is 8.43. The molecule has 0 aliphatic rings. The van der Waals surface area contributed by atoms with Gasteiger partial charge in [-0.2, -0.15) is 0 Å². The smallest absolute Gasteiger partial charge is 0.234 e. The second kappa shape index (κ2) is 6.99. The van der Waals surface area contributed by atoms with Crippen molar-refractivity contribution in [2.45, 2.75) is 11.8 Å². The van der Waals surface area contributed by atoms with Crippen molar-refractivity contribution in [3.8, 4) is 0 Å². The van der Waals surface area contributed by atoms with Crippen molar-refractivity contribution in [1.29, 1.82) is 0 Å². The Bertz CT molecular complexity index is 631. The summed E-state index contributed by atoms with van der Waals surface area (Å²) in [6, 6.07) is 13.5. The van der Waals surface area contributed by atoms with Gasteiger partial charge in [0, 0.05) is 19.8 Å². The summed E-state index contributed by atoms with van der Waals surface area (Å²) in [5, 5.41) is 2.89. The Balaban J connectivity index is 1.94. The van der Waals surface area contributed by atoms with Crippen LogP contribution < -0.4 is 11.1 Å². The maximum Gasteiger partial charge on any atom is 0.234 e. The molecular weight excluding hydrogens is 383 g/mol. The second-order valence-electron chi connectivity index (χ2n) is 4.37. The summed E-state index contributed by atoms with van der Waals surface area (Å²) >= 11 is 3.72. The largest absolute Gasteiger partial charge is 0.399 e. The van der Waals surface area contributed by atoms with Crippen molar-refractivity contribution >= 4 is 51.6 Å². The number of benzene rings is 2. The van der Waals surface area contributed by atoms with Crippen molar-refractivity contribution < 1.29 is 4.79 Å². The maximum atomic E-state index is 11.9. The van der Waals surface area contributed by atoms with Crippen LogP contribution in [0.2, 0.25) is 0 Å². The van der Waals surface area contributed by atoms with Crippen molar-refractivity contribution in [2.24, 2.45) is 0 Å². The Morgan fingerprint density at radius 2 is 2.10 bits per heavy atom. The molecule has 2 aromatic rings. The highest BCUT2D eigenvalue weighted by Gasteiger charge is 2.06. The summed E-state index contributed by atoms with van der Waals surface area (Å²) in [6.45, 7) is 2.01. The second-order valence-corrected chi connectivity index (χ2v) is 6.63. The predicted octanol–water partition coefficient (Wildman–Crippen LogP) is 3.91. The number of halogens is 1. The van der Waals surface area contributed by atoms with E-state index in [9.17, 15) is 4.79 Å². The molecule has 3 N–H and O–H groups in total. The Morgan fingerprint density at radius 3 is 2.85 bits per heavy atom. The van der Waals surface area contributed by atoms with Crippen LogP contribution in [0.5, 0.6) is 0 Å². The maximum absolute atomic E-state index is 11.9. The molecule has 5 heteroatoms. The molecule has 0 aromatic heterocycles. The Labute approximate surface area is 136 Å². The normalized spacial score (nSPS) is 10.3. The van der Waals surface area contributed by atoms with Crippen LogP contribution in [0.15, 0.2) is 47.4 Å². The highest BCUT2D eigenvalue weighted by Crippen LogP contribution is 2.24. The standard InChI is InChI=1S/C15H15IN2OS/c1-10-5-6-12(17)8-14(10)20-9-15(19)18-13-4-2-3-11(16)7-13/h2-8H,9,17H2,1H3,(H,18,19). The number of thioether (sulfide) groups is 1. The molecule has 0 spiro atoms. The minimum atomic E-state index is -0.0150. The molecule has 0 aliphatic heterocycles. The number of hydrogen-bond acceptors (Lipinski definition) is 3. The summed E-state index contributed by atoms with van der Waals surface area (Å²) in [5.74, 6) is 0.356. The molecule has 2 rings (SSSR count). The summed E-state index contributed by atoms with van der Waals surface area (Å²) in [4.78, 5) is 13.0. The fraction of sp³-hybridized carbons (Fsp3) is 0.133. The molecular formula is C15H15IN2OS. The molecule has 0 saturated heterocycles. The van der Waals surface area contributed by atoms with Gasteiger partial charge in [-0.15, -0.1) is 11.8 Å². The number of anilines is 2. The molecule has 0 radical (unpaired) electrons. The van der Waals surface area contributed by atoms with Gasteiger partial charge in [0.15, 0.2) is 0 Å². The lowest BCUT2D eigenvalue weighted by Gasteiger charge is -2.08. The summed E-state index contributed by atoms with van der Waals surface area (Å²) < 4.78 is 1.10. The van der Waals surface area contributed by atoms with Crippen molar-refractivity contribution in [2.75, 3.05) is 16.8 Å². The summed E-state index contributed by atoms with van der Waals surface area (Å²) in [6.07, 6.45) is 0. The fourth-order valence-corrected chi connectivity index (χ4v) is 3.10. The van der Waals surface area contributed by atoms with E-state index >= 15 is 0 Å². The number of rotatable bonds is 4. The predicted molar refractivity (Wildman–Crippen MR) is 94.1 cm³/mol. The zero-order valence-corrected chi connectivity index (χ0v) is 14.0. The molecule has 1 amide bonds. The third kappa shape index (κ3) is 4.42. The lowest BCUT2D eigenvalue weighted by atomic mass is 10.2. The van der Waals surface area contributed by atoms with Gasteiger partial charge >= 0.3 is 0 Å². The number of carbonyl (C=O) groups is 1. The van der Waals surface area contributed by atoms with E-state index in [4.69, 9.17) is 5.73 Å². The lowest BCUT2D eigenvalue weighted by molar-refractivity contribution is -0.113. The number of nitrogen functional groups attached to an aromatic ring is 1. The molecule has 0 heterocycles. The van der Waals surface area contributed by atoms with E-state index in [1.165, 1.54) is 11.8 Å². The van der Waals surface area contributed by atoms with Gasteiger partial charge in [-0.25, -0.2) is 0 Å². The first-order valence-electron chi connectivity index (χ1n) is 6.09. The number of hydrogen-bond donors (Lipinski definition) is 2. The van der Waals surface area contributed by atoms with Crippen LogP contribution >= 0.6 is 34.4 Å². The molecule has 0 unspecified atom stereocenters. The Hall–Kier alpha value is -1.21. The zero-order valence-electron chi connectivity index (χ0n) is 11.0. The number of nitrogens with one attached hydrogen (secondary N) is 1. The minimum Gasteiger partial charge on any atom is -0.399 e. The van der Waals surface area contributed by atoms with Gasteiger partial charge < -0.3 is 11.1 Å². The van der Waals surface area contributed by atoms with E-state index in [2.05, 4.69) is 27.9 Å². The lowest BCUT2D eigenvalue weighted by Crippen LogP contribution is -2.14. The molecule has 0 fully saturated rings. The number of amides is 1. The number of aryl methyl sites for hydroxylation is 1. The minimum absolute atomic E-state index is 0.0150. The van der Waals surface area contributed by atoms with Gasteiger partial charge in [0.1, 0.15) is 0 Å². The molecule has 0 saturated carbocycles. The van der Waals surface area contributed by atoms with Crippen LogP contribution in [0.3, 0.4) is 0 Å². The first kappa shape index (κ1) is 15.2. The molecule has 2 aromatic carbocycles. The van der Waals surface area contributed by atoms with E-state index in [1.807, 2.05) is 49.4 Å². The zero-order chi connectivity index (χ0) is 14.5. The molecule has 3 nitrogen and oxygen atoms in total. The number of nitrogens with two attached hydrogens (primary N) is 1.